The molecule has 2 aromatic rings. The summed E-state index contributed by atoms with van der Waals surface area (Å²) in [6.07, 6.45) is -1.46. The molecular formula is C19H20N2O11. The summed E-state index contributed by atoms with van der Waals surface area (Å²) in [7, 11) is 0. The van der Waals surface area contributed by atoms with Crippen LogP contribution in [0.25, 0.3) is 11.0 Å². The predicted octanol–water partition coefficient (Wildman–Crippen LogP) is -1.15. The van der Waals surface area contributed by atoms with Crippen LogP contribution in [0.1, 0.15) is 10.4 Å². The number of carbonyl (C=O) groups excluding carboxylic acids is 3. The molecule has 4 N–H and O–H groups in total. The van der Waals surface area contributed by atoms with Crippen LogP contribution in [0, 0.1) is 0 Å². The van der Waals surface area contributed by atoms with Gasteiger partial charge in [0.15, 0.2) is 6.29 Å². The highest BCUT2D eigenvalue weighted by atomic mass is 16.6. The quantitative estimate of drug-likeness (QED) is 0.139. The third-order valence-electron chi connectivity index (χ3n) is 3.90. The van der Waals surface area contributed by atoms with Gasteiger partial charge in [0.1, 0.15) is 37.3 Å². The van der Waals surface area contributed by atoms with E-state index in [1.54, 1.807) is 0 Å². The van der Waals surface area contributed by atoms with Crippen molar-refractivity contribution < 1.29 is 48.7 Å². The molecule has 2 rings (SSSR count). The monoisotopic (exact) mass is 452 g/mol. The average Bonchev–Trinajstić information content (AvgIpc) is 2.81. The number of aliphatic hydroxyl groups excluding tert-OH is 4. The van der Waals surface area contributed by atoms with Crippen molar-refractivity contribution in [2.24, 2.45) is 10.2 Å². The summed E-state index contributed by atoms with van der Waals surface area (Å²) in [5.74, 6) is -2.54. The summed E-state index contributed by atoms with van der Waals surface area (Å²) in [6, 6.07) is 1.96. The number of esters is 2. The van der Waals surface area contributed by atoms with Gasteiger partial charge in [-0.15, -0.1) is 0 Å². The van der Waals surface area contributed by atoms with Gasteiger partial charge in [-0.2, -0.15) is 10.2 Å². The van der Waals surface area contributed by atoms with Gasteiger partial charge >= 0.3 is 11.9 Å². The van der Waals surface area contributed by atoms with Gasteiger partial charge in [0.25, 0.3) is 6.04 Å². The van der Waals surface area contributed by atoms with Crippen molar-refractivity contribution in [3.05, 3.63) is 40.2 Å². The fourth-order valence-electron chi connectivity index (χ4n) is 2.21. The highest BCUT2D eigenvalue weighted by Crippen LogP contribution is 2.20. The predicted molar refractivity (Wildman–Crippen MR) is 104 cm³/mol. The van der Waals surface area contributed by atoms with Gasteiger partial charge in [0.2, 0.25) is 5.43 Å². The Bertz CT molecular complexity index is 1020. The van der Waals surface area contributed by atoms with Crippen LogP contribution in [0.5, 0.6) is 0 Å². The summed E-state index contributed by atoms with van der Waals surface area (Å²) in [5.41, 5.74) is -0.665. The molecule has 2 atom stereocenters. The average molecular weight is 452 g/mol. The Balaban J connectivity index is 2.29. The number of azo groups is 1. The molecule has 0 aliphatic rings. The van der Waals surface area contributed by atoms with Crippen molar-refractivity contribution in [1.29, 1.82) is 0 Å². The summed E-state index contributed by atoms with van der Waals surface area (Å²) >= 11 is 0. The fraction of sp³-hybridized carbons (Fsp3) is 0.368. The maximum absolute atomic E-state index is 12.2. The standard InChI is InChI=1S/C19H20N2O11/c22-4-10-7-30-15-2-1-11(3-14(15)17(10)27)20-21-16(18(28)31-8-12(25)5-23)19(29)32-9-13(26)6-24/h1-4,7,12-13,16,23-26H,5-6,8-9H2. The van der Waals surface area contributed by atoms with Crippen molar-refractivity contribution >= 4 is 34.9 Å². The van der Waals surface area contributed by atoms with Crippen LogP contribution in [-0.4, -0.2) is 83.3 Å². The molecule has 1 heterocycles. The first-order valence-corrected chi connectivity index (χ1v) is 9.13. The van der Waals surface area contributed by atoms with E-state index >= 15 is 0 Å². The molecule has 0 radical (unpaired) electrons. The summed E-state index contributed by atoms with van der Waals surface area (Å²) in [4.78, 5) is 47.5. The smallest absolute Gasteiger partial charge is 0.344 e. The molecule has 13 nitrogen and oxygen atoms in total. The van der Waals surface area contributed by atoms with E-state index in [9.17, 15) is 29.4 Å². The van der Waals surface area contributed by atoms with Gasteiger partial charge in [0, 0.05) is 0 Å². The number of aldehydes is 1. The Kier molecular flexibility index (Phi) is 9.09. The van der Waals surface area contributed by atoms with E-state index in [4.69, 9.17) is 24.1 Å². The Morgan fingerprint density at radius 1 is 1.06 bits per heavy atom. The largest absolute Gasteiger partial charge is 0.463 e. The normalized spacial score (nSPS) is 14.1. The van der Waals surface area contributed by atoms with Crippen LogP contribution in [0.4, 0.5) is 5.69 Å². The van der Waals surface area contributed by atoms with Gasteiger partial charge in [0.05, 0.1) is 29.9 Å². The van der Waals surface area contributed by atoms with E-state index in [1.807, 2.05) is 0 Å². The van der Waals surface area contributed by atoms with Crippen molar-refractivity contribution in [1.82, 2.24) is 0 Å². The lowest BCUT2D eigenvalue weighted by molar-refractivity contribution is -0.161. The first-order chi connectivity index (χ1) is 15.3. The van der Waals surface area contributed by atoms with Gasteiger partial charge < -0.3 is 34.3 Å². The molecular weight excluding hydrogens is 432 g/mol. The fourth-order valence-corrected chi connectivity index (χ4v) is 2.21. The third-order valence-corrected chi connectivity index (χ3v) is 3.90. The molecule has 0 aliphatic heterocycles. The summed E-state index contributed by atoms with van der Waals surface area (Å²) < 4.78 is 14.6. The van der Waals surface area contributed by atoms with E-state index in [0.717, 1.165) is 6.26 Å². The number of rotatable bonds is 11. The van der Waals surface area contributed by atoms with Crippen molar-refractivity contribution in [3.8, 4) is 0 Å². The van der Waals surface area contributed by atoms with E-state index in [1.165, 1.54) is 18.2 Å². The van der Waals surface area contributed by atoms with Gasteiger partial charge in [-0.05, 0) is 18.2 Å². The molecule has 1 aromatic carbocycles. The molecule has 2 unspecified atom stereocenters. The third kappa shape index (κ3) is 6.49. The van der Waals surface area contributed by atoms with Gasteiger partial charge in [-0.25, -0.2) is 9.59 Å². The Labute approximate surface area is 179 Å². The Morgan fingerprint density at radius 2 is 1.66 bits per heavy atom. The maximum Gasteiger partial charge on any atom is 0.344 e. The number of carbonyl (C=O) groups is 3. The molecule has 0 bridgehead atoms. The second-order valence-corrected chi connectivity index (χ2v) is 6.37. The van der Waals surface area contributed by atoms with E-state index in [-0.39, 0.29) is 22.2 Å². The highest BCUT2D eigenvalue weighted by molar-refractivity contribution is 5.99. The van der Waals surface area contributed by atoms with Crippen molar-refractivity contribution in [2.75, 3.05) is 26.4 Å². The zero-order valence-corrected chi connectivity index (χ0v) is 16.5. The summed E-state index contributed by atoms with van der Waals surface area (Å²) in [6.45, 7) is -2.68. The Hall–Kier alpha value is -3.52. The van der Waals surface area contributed by atoms with Crippen LogP contribution >= 0.6 is 0 Å². The number of aliphatic hydroxyl groups is 4. The first kappa shape index (κ1) is 24.7. The molecule has 32 heavy (non-hydrogen) atoms. The number of nitrogens with zero attached hydrogens (tertiary/aromatic N) is 2. The molecule has 0 amide bonds. The molecule has 0 spiro atoms. The molecule has 172 valence electrons. The Morgan fingerprint density at radius 3 is 2.19 bits per heavy atom. The van der Waals surface area contributed by atoms with Gasteiger partial charge in [-0.3, -0.25) is 9.59 Å². The zero-order valence-electron chi connectivity index (χ0n) is 16.5. The van der Waals surface area contributed by atoms with E-state index in [0.29, 0.717) is 6.29 Å². The maximum atomic E-state index is 12.2. The van der Waals surface area contributed by atoms with Crippen LogP contribution in [-0.2, 0) is 19.1 Å². The first-order valence-electron chi connectivity index (χ1n) is 9.13. The minimum Gasteiger partial charge on any atom is -0.463 e. The minimum atomic E-state index is -1.97. The topological polar surface area (TPSA) is 206 Å². The number of ether oxygens (including phenoxy) is 2. The number of benzene rings is 1. The van der Waals surface area contributed by atoms with E-state index < -0.39 is 62.0 Å². The number of hydrogen-bond donors (Lipinski definition) is 4. The highest BCUT2D eigenvalue weighted by Gasteiger charge is 2.31. The van der Waals surface area contributed by atoms with E-state index in [2.05, 4.69) is 10.2 Å². The number of fused-ring (bicyclic) bond motifs is 1. The minimum absolute atomic E-state index is 0.00453. The lowest BCUT2D eigenvalue weighted by Gasteiger charge is -2.14. The molecule has 0 saturated carbocycles. The lowest BCUT2D eigenvalue weighted by Crippen LogP contribution is -2.35. The van der Waals surface area contributed by atoms with Gasteiger partial charge in [-0.1, -0.05) is 0 Å². The number of hydrogen-bond acceptors (Lipinski definition) is 13. The lowest BCUT2D eigenvalue weighted by atomic mass is 10.1. The molecule has 0 aliphatic carbocycles. The second kappa shape index (κ2) is 11.8. The van der Waals surface area contributed by atoms with Crippen LogP contribution in [0.2, 0.25) is 0 Å². The van der Waals surface area contributed by atoms with Crippen LogP contribution < -0.4 is 5.43 Å². The zero-order chi connectivity index (χ0) is 23.7. The van der Waals surface area contributed by atoms with Crippen LogP contribution in [0.15, 0.2) is 43.9 Å². The van der Waals surface area contributed by atoms with Crippen molar-refractivity contribution in [3.63, 3.8) is 0 Å². The summed E-state index contributed by atoms with van der Waals surface area (Å²) in [5, 5.41) is 43.4. The second-order valence-electron chi connectivity index (χ2n) is 6.37. The van der Waals surface area contributed by atoms with Crippen molar-refractivity contribution in [2.45, 2.75) is 18.2 Å². The molecule has 13 heteroatoms. The molecule has 0 fully saturated rings. The molecule has 0 saturated heterocycles. The molecule has 1 aromatic heterocycles. The van der Waals surface area contributed by atoms with Crippen LogP contribution in [0.3, 0.4) is 0 Å². The SMILES string of the molecule is O=Cc1coc2ccc(N=NC(C(=O)OCC(O)CO)C(=O)OCC(O)CO)cc2c1=O.